The minimum Gasteiger partial charge on any atom is -0.355 e. The number of thioether (sulfide) groups is 2. The number of carbonyl (C=O) groups is 1. The SMILES string of the molecule is CCCNC(=O)CSc1nnc(SCc2ccccc2)s1. The summed E-state index contributed by atoms with van der Waals surface area (Å²) in [5.74, 6) is 1.34. The molecule has 0 saturated heterocycles. The summed E-state index contributed by atoms with van der Waals surface area (Å²) in [6.07, 6.45) is 0.954. The molecule has 0 aliphatic carbocycles. The van der Waals surface area contributed by atoms with Gasteiger partial charge in [-0.3, -0.25) is 4.79 Å². The van der Waals surface area contributed by atoms with E-state index in [4.69, 9.17) is 0 Å². The quantitative estimate of drug-likeness (QED) is 0.747. The van der Waals surface area contributed by atoms with E-state index in [0.29, 0.717) is 5.75 Å². The molecule has 0 saturated carbocycles. The van der Waals surface area contributed by atoms with Gasteiger partial charge in [-0.1, -0.05) is 72.1 Å². The smallest absolute Gasteiger partial charge is 0.230 e. The fraction of sp³-hybridized carbons (Fsp3) is 0.357. The van der Waals surface area contributed by atoms with Crippen molar-refractivity contribution in [3.05, 3.63) is 35.9 Å². The first-order chi connectivity index (χ1) is 10.3. The molecule has 7 heteroatoms. The lowest BCUT2D eigenvalue weighted by molar-refractivity contribution is -0.118. The minimum atomic E-state index is 0.0514. The normalized spacial score (nSPS) is 10.5. The second kappa shape index (κ2) is 9.07. The van der Waals surface area contributed by atoms with Crippen LogP contribution in [0.3, 0.4) is 0 Å². The maximum absolute atomic E-state index is 11.5. The number of rotatable bonds is 8. The van der Waals surface area contributed by atoms with Crippen LogP contribution >= 0.6 is 34.9 Å². The third kappa shape index (κ3) is 6.07. The molecule has 112 valence electrons. The fourth-order valence-corrected chi connectivity index (χ4v) is 4.28. The van der Waals surface area contributed by atoms with Crippen molar-refractivity contribution in [1.82, 2.24) is 15.5 Å². The molecule has 0 aliphatic rings. The summed E-state index contributed by atoms with van der Waals surface area (Å²) in [7, 11) is 0. The summed E-state index contributed by atoms with van der Waals surface area (Å²) in [6.45, 7) is 2.77. The van der Waals surface area contributed by atoms with Crippen molar-refractivity contribution in [2.45, 2.75) is 27.8 Å². The number of benzene rings is 1. The zero-order chi connectivity index (χ0) is 14.9. The molecule has 0 radical (unpaired) electrons. The first-order valence-corrected chi connectivity index (χ1v) is 9.46. The lowest BCUT2D eigenvalue weighted by atomic mass is 10.2. The molecule has 1 heterocycles. The summed E-state index contributed by atoms with van der Waals surface area (Å²) >= 11 is 4.66. The highest BCUT2D eigenvalue weighted by Gasteiger charge is 2.08. The lowest BCUT2D eigenvalue weighted by Gasteiger charge is -2.00. The molecule has 2 rings (SSSR count). The van der Waals surface area contributed by atoms with E-state index in [1.54, 1.807) is 23.1 Å². The Kier molecular flexibility index (Phi) is 7.05. The molecular weight excluding hydrogens is 322 g/mol. The van der Waals surface area contributed by atoms with Crippen molar-refractivity contribution in [2.75, 3.05) is 12.3 Å². The molecule has 1 aromatic heterocycles. The lowest BCUT2D eigenvalue weighted by Crippen LogP contribution is -2.25. The molecule has 0 aliphatic heterocycles. The Morgan fingerprint density at radius 1 is 1.19 bits per heavy atom. The van der Waals surface area contributed by atoms with Crippen molar-refractivity contribution in [2.24, 2.45) is 0 Å². The van der Waals surface area contributed by atoms with Crippen LogP contribution in [0, 0.1) is 0 Å². The topological polar surface area (TPSA) is 54.9 Å². The highest BCUT2D eigenvalue weighted by Crippen LogP contribution is 2.30. The molecule has 1 amide bonds. The second-order valence-electron chi connectivity index (χ2n) is 4.25. The van der Waals surface area contributed by atoms with Crippen LogP contribution in [0.2, 0.25) is 0 Å². The molecule has 1 aromatic carbocycles. The maximum atomic E-state index is 11.5. The molecule has 1 N–H and O–H groups in total. The van der Waals surface area contributed by atoms with Gasteiger partial charge in [-0.15, -0.1) is 10.2 Å². The second-order valence-corrected chi connectivity index (χ2v) is 7.67. The van der Waals surface area contributed by atoms with Gasteiger partial charge in [0, 0.05) is 12.3 Å². The predicted octanol–water partition coefficient (Wildman–Crippen LogP) is 3.45. The van der Waals surface area contributed by atoms with Gasteiger partial charge in [-0.2, -0.15) is 0 Å². The first kappa shape index (κ1) is 16.3. The number of amides is 1. The largest absolute Gasteiger partial charge is 0.355 e. The van der Waals surface area contributed by atoms with Gasteiger partial charge < -0.3 is 5.32 Å². The Morgan fingerprint density at radius 3 is 2.62 bits per heavy atom. The van der Waals surface area contributed by atoms with E-state index in [0.717, 1.165) is 27.4 Å². The van der Waals surface area contributed by atoms with Crippen LogP contribution in [0.5, 0.6) is 0 Å². The molecular formula is C14H17N3OS3. The Balaban J connectivity index is 1.75. The molecule has 0 atom stereocenters. The molecule has 0 bridgehead atoms. The Morgan fingerprint density at radius 2 is 1.90 bits per heavy atom. The Labute approximate surface area is 137 Å². The van der Waals surface area contributed by atoms with Gasteiger partial charge in [-0.25, -0.2) is 0 Å². The van der Waals surface area contributed by atoms with E-state index < -0.39 is 0 Å². The van der Waals surface area contributed by atoms with Crippen LogP contribution in [0.15, 0.2) is 39.0 Å². The van der Waals surface area contributed by atoms with E-state index in [1.165, 1.54) is 17.3 Å². The zero-order valence-electron chi connectivity index (χ0n) is 11.7. The number of carbonyl (C=O) groups excluding carboxylic acids is 1. The average molecular weight is 340 g/mol. The first-order valence-electron chi connectivity index (χ1n) is 6.67. The standard InChI is InChI=1S/C14H17N3OS3/c1-2-8-15-12(18)10-20-14-17-16-13(21-14)19-9-11-6-4-3-5-7-11/h3-7H,2,8-10H2,1H3,(H,15,18). The zero-order valence-corrected chi connectivity index (χ0v) is 14.2. The van der Waals surface area contributed by atoms with Crippen LogP contribution in [-0.2, 0) is 10.5 Å². The summed E-state index contributed by atoms with van der Waals surface area (Å²) in [6, 6.07) is 10.3. The van der Waals surface area contributed by atoms with Gasteiger partial charge in [-0.05, 0) is 12.0 Å². The summed E-state index contributed by atoms with van der Waals surface area (Å²) in [5.41, 5.74) is 1.27. The summed E-state index contributed by atoms with van der Waals surface area (Å²) in [5, 5.41) is 11.1. The van der Waals surface area contributed by atoms with E-state index in [1.807, 2.05) is 25.1 Å². The highest BCUT2D eigenvalue weighted by atomic mass is 32.2. The van der Waals surface area contributed by atoms with Gasteiger partial charge >= 0.3 is 0 Å². The highest BCUT2D eigenvalue weighted by molar-refractivity contribution is 8.03. The van der Waals surface area contributed by atoms with Gasteiger partial charge in [0.25, 0.3) is 0 Å². The molecule has 4 nitrogen and oxygen atoms in total. The van der Waals surface area contributed by atoms with Gasteiger partial charge in [0.1, 0.15) is 0 Å². The maximum Gasteiger partial charge on any atom is 0.230 e. The molecule has 2 aromatic rings. The number of hydrogen-bond acceptors (Lipinski definition) is 6. The fourth-order valence-electron chi connectivity index (χ4n) is 1.48. The van der Waals surface area contributed by atoms with Crippen molar-refractivity contribution < 1.29 is 4.79 Å². The van der Waals surface area contributed by atoms with E-state index in [-0.39, 0.29) is 5.91 Å². The van der Waals surface area contributed by atoms with Crippen LogP contribution in [-0.4, -0.2) is 28.4 Å². The van der Waals surface area contributed by atoms with Crippen molar-refractivity contribution >= 4 is 40.8 Å². The van der Waals surface area contributed by atoms with Crippen LogP contribution < -0.4 is 5.32 Å². The minimum absolute atomic E-state index is 0.0514. The third-order valence-electron chi connectivity index (χ3n) is 2.49. The number of nitrogens with one attached hydrogen (secondary N) is 1. The van der Waals surface area contributed by atoms with E-state index in [2.05, 4.69) is 27.6 Å². The van der Waals surface area contributed by atoms with Gasteiger partial charge in [0.2, 0.25) is 5.91 Å². The summed E-state index contributed by atoms with van der Waals surface area (Å²) < 4.78 is 1.78. The number of nitrogens with zero attached hydrogens (tertiary/aromatic N) is 2. The molecule has 21 heavy (non-hydrogen) atoms. The third-order valence-corrected chi connectivity index (χ3v) is 5.75. The van der Waals surface area contributed by atoms with Crippen molar-refractivity contribution in [3.8, 4) is 0 Å². The number of aromatic nitrogens is 2. The van der Waals surface area contributed by atoms with E-state index in [9.17, 15) is 4.79 Å². The van der Waals surface area contributed by atoms with E-state index >= 15 is 0 Å². The monoisotopic (exact) mass is 339 g/mol. The molecule has 0 fully saturated rings. The van der Waals surface area contributed by atoms with Gasteiger partial charge in [0.05, 0.1) is 5.75 Å². The predicted molar refractivity (Wildman–Crippen MR) is 89.9 cm³/mol. The Bertz CT molecular complexity index is 560. The van der Waals surface area contributed by atoms with Crippen LogP contribution in [0.25, 0.3) is 0 Å². The van der Waals surface area contributed by atoms with Crippen LogP contribution in [0.1, 0.15) is 18.9 Å². The van der Waals surface area contributed by atoms with Gasteiger partial charge in [0.15, 0.2) is 8.68 Å². The Hall–Kier alpha value is -1.05. The van der Waals surface area contributed by atoms with Crippen LogP contribution in [0.4, 0.5) is 0 Å². The van der Waals surface area contributed by atoms with Crippen molar-refractivity contribution in [3.63, 3.8) is 0 Å². The number of hydrogen-bond donors (Lipinski definition) is 1. The molecule has 0 unspecified atom stereocenters. The summed E-state index contributed by atoms with van der Waals surface area (Å²) in [4.78, 5) is 11.5. The molecule has 0 spiro atoms. The van der Waals surface area contributed by atoms with Crippen molar-refractivity contribution in [1.29, 1.82) is 0 Å². The average Bonchev–Trinajstić information content (AvgIpc) is 2.98.